The van der Waals surface area contributed by atoms with Crippen LogP contribution in [0.15, 0.2) is 29.2 Å². The number of halogens is 1. The van der Waals surface area contributed by atoms with Crippen LogP contribution in [0.25, 0.3) is 0 Å². The summed E-state index contributed by atoms with van der Waals surface area (Å²) in [4.78, 5) is 13.7. The summed E-state index contributed by atoms with van der Waals surface area (Å²) < 4.78 is 40.4. The number of carbonyl (C=O) groups is 1. The molecule has 0 spiro atoms. The third-order valence-electron chi connectivity index (χ3n) is 4.53. The molecule has 1 aromatic rings. The van der Waals surface area contributed by atoms with Gasteiger partial charge in [-0.15, -0.1) is 0 Å². The Morgan fingerprint density at radius 1 is 1.30 bits per heavy atom. The van der Waals surface area contributed by atoms with Gasteiger partial charge in [-0.05, 0) is 30.9 Å². The van der Waals surface area contributed by atoms with Crippen molar-refractivity contribution < 1.29 is 17.6 Å². The summed E-state index contributed by atoms with van der Waals surface area (Å²) in [5.41, 5.74) is 0. The summed E-state index contributed by atoms with van der Waals surface area (Å²) in [5.74, 6) is -0.218. The highest BCUT2D eigenvalue weighted by molar-refractivity contribution is 7.89. The monoisotopic (exact) mass is 341 g/mol. The van der Waals surface area contributed by atoms with E-state index in [2.05, 4.69) is 10.0 Å². The summed E-state index contributed by atoms with van der Waals surface area (Å²) in [5, 5.41) is 3.29. The van der Waals surface area contributed by atoms with Crippen LogP contribution in [0.5, 0.6) is 0 Å². The molecule has 0 radical (unpaired) electrons. The SMILES string of the molecule is CC(NS(=O)(=O)c1ccccc1F)C(=O)N1C[C@H]2CNC[C@H]2C1. The lowest BCUT2D eigenvalue weighted by atomic mass is 10.0. The molecule has 1 aromatic carbocycles. The van der Waals surface area contributed by atoms with E-state index in [1.807, 2.05) is 0 Å². The van der Waals surface area contributed by atoms with E-state index >= 15 is 0 Å². The number of hydrogen-bond acceptors (Lipinski definition) is 4. The Kier molecular flexibility index (Phi) is 4.39. The van der Waals surface area contributed by atoms with Gasteiger partial charge in [-0.3, -0.25) is 4.79 Å². The average molecular weight is 341 g/mol. The maximum Gasteiger partial charge on any atom is 0.244 e. The number of rotatable bonds is 4. The van der Waals surface area contributed by atoms with Gasteiger partial charge in [0.15, 0.2) is 0 Å². The van der Waals surface area contributed by atoms with Gasteiger partial charge in [0.1, 0.15) is 10.7 Å². The molecule has 0 aliphatic carbocycles. The standard InChI is InChI=1S/C15H20FN3O3S/c1-10(15(20)19-8-11-6-17-7-12(11)9-19)18-23(21,22)14-5-3-2-4-13(14)16/h2-5,10-12,17-18H,6-9H2,1H3/t10?,11-,12+. The maximum atomic E-state index is 13.7. The highest BCUT2D eigenvalue weighted by Crippen LogP contribution is 2.26. The van der Waals surface area contributed by atoms with E-state index in [4.69, 9.17) is 0 Å². The molecular formula is C15H20FN3O3S. The lowest BCUT2D eigenvalue weighted by Gasteiger charge is -2.22. The number of nitrogens with zero attached hydrogens (tertiary/aromatic N) is 1. The zero-order chi connectivity index (χ0) is 16.6. The van der Waals surface area contributed by atoms with Crippen LogP contribution in [-0.2, 0) is 14.8 Å². The van der Waals surface area contributed by atoms with Crippen molar-refractivity contribution in [2.24, 2.45) is 11.8 Å². The molecule has 2 aliphatic rings. The van der Waals surface area contributed by atoms with Crippen molar-refractivity contribution in [3.05, 3.63) is 30.1 Å². The van der Waals surface area contributed by atoms with Gasteiger partial charge in [-0.2, -0.15) is 4.72 Å². The number of amides is 1. The van der Waals surface area contributed by atoms with Crippen molar-refractivity contribution >= 4 is 15.9 Å². The van der Waals surface area contributed by atoms with Crippen LogP contribution >= 0.6 is 0 Å². The molecule has 6 nitrogen and oxygen atoms in total. The van der Waals surface area contributed by atoms with Crippen LogP contribution in [0.2, 0.25) is 0 Å². The van der Waals surface area contributed by atoms with E-state index in [0.717, 1.165) is 19.2 Å². The summed E-state index contributed by atoms with van der Waals surface area (Å²) in [6.07, 6.45) is 0. The van der Waals surface area contributed by atoms with Crippen molar-refractivity contribution in [3.63, 3.8) is 0 Å². The molecule has 0 saturated carbocycles. The molecular weight excluding hydrogens is 321 g/mol. The second-order valence-electron chi connectivity index (χ2n) is 6.20. The Balaban J connectivity index is 1.68. The normalized spacial score (nSPS) is 25.4. The third kappa shape index (κ3) is 3.24. The molecule has 2 N–H and O–H groups in total. The first-order valence-electron chi connectivity index (χ1n) is 7.65. The minimum Gasteiger partial charge on any atom is -0.341 e. The Labute approximate surface area is 135 Å². The minimum absolute atomic E-state index is 0.265. The van der Waals surface area contributed by atoms with E-state index in [0.29, 0.717) is 24.9 Å². The molecule has 2 aliphatic heterocycles. The Morgan fingerprint density at radius 3 is 2.52 bits per heavy atom. The Hall–Kier alpha value is -1.51. The summed E-state index contributed by atoms with van der Waals surface area (Å²) in [6, 6.07) is 4.20. The van der Waals surface area contributed by atoms with Crippen LogP contribution in [0.1, 0.15) is 6.92 Å². The predicted molar refractivity (Wildman–Crippen MR) is 82.6 cm³/mol. The molecule has 3 rings (SSSR count). The van der Waals surface area contributed by atoms with Crippen LogP contribution in [0, 0.1) is 17.7 Å². The van der Waals surface area contributed by atoms with Crippen LogP contribution < -0.4 is 10.0 Å². The fourth-order valence-electron chi connectivity index (χ4n) is 3.32. The predicted octanol–water partition coefficient (Wildman–Crippen LogP) is 0.170. The molecule has 23 heavy (non-hydrogen) atoms. The first-order valence-corrected chi connectivity index (χ1v) is 9.13. The number of hydrogen-bond donors (Lipinski definition) is 2. The maximum absolute atomic E-state index is 13.7. The number of sulfonamides is 1. The molecule has 1 unspecified atom stereocenters. The average Bonchev–Trinajstić information content (AvgIpc) is 3.07. The van der Waals surface area contributed by atoms with Crippen molar-refractivity contribution in [1.29, 1.82) is 0 Å². The zero-order valence-corrected chi connectivity index (χ0v) is 13.6. The van der Waals surface area contributed by atoms with E-state index in [9.17, 15) is 17.6 Å². The first kappa shape index (κ1) is 16.4. The second-order valence-corrected chi connectivity index (χ2v) is 7.88. The quantitative estimate of drug-likeness (QED) is 0.818. The smallest absolute Gasteiger partial charge is 0.244 e. The number of nitrogens with one attached hydrogen (secondary N) is 2. The van der Waals surface area contributed by atoms with Gasteiger partial charge in [-0.1, -0.05) is 12.1 Å². The molecule has 0 aromatic heterocycles. The summed E-state index contributed by atoms with van der Waals surface area (Å²) in [6.45, 7) is 4.56. The second kappa shape index (κ2) is 6.18. The van der Waals surface area contributed by atoms with Crippen molar-refractivity contribution in [1.82, 2.24) is 14.9 Å². The highest BCUT2D eigenvalue weighted by Gasteiger charge is 2.39. The van der Waals surface area contributed by atoms with Crippen LogP contribution in [0.3, 0.4) is 0 Å². The largest absolute Gasteiger partial charge is 0.341 e. The summed E-state index contributed by atoms with van der Waals surface area (Å²) in [7, 11) is -4.07. The molecule has 126 valence electrons. The lowest BCUT2D eigenvalue weighted by molar-refractivity contribution is -0.131. The van der Waals surface area contributed by atoms with Crippen molar-refractivity contribution in [2.75, 3.05) is 26.2 Å². The Morgan fingerprint density at radius 2 is 1.91 bits per heavy atom. The first-order chi connectivity index (χ1) is 10.9. The highest BCUT2D eigenvalue weighted by atomic mass is 32.2. The van der Waals surface area contributed by atoms with Gasteiger partial charge in [0.2, 0.25) is 15.9 Å². The molecule has 2 saturated heterocycles. The van der Waals surface area contributed by atoms with Gasteiger partial charge in [0.05, 0.1) is 6.04 Å². The molecule has 1 amide bonds. The number of carbonyl (C=O) groups excluding carboxylic acids is 1. The molecule has 3 atom stereocenters. The lowest BCUT2D eigenvalue weighted by Crippen LogP contribution is -2.46. The van der Waals surface area contributed by atoms with E-state index in [1.165, 1.54) is 25.1 Å². The van der Waals surface area contributed by atoms with Gasteiger partial charge >= 0.3 is 0 Å². The van der Waals surface area contributed by atoms with Gasteiger partial charge in [0.25, 0.3) is 0 Å². The van der Waals surface area contributed by atoms with Crippen molar-refractivity contribution in [3.8, 4) is 0 Å². The topological polar surface area (TPSA) is 78.5 Å². The van der Waals surface area contributed by atoms with Crippen LogP contribution in [-0.4, -0.2) is 51.4 Å². The summed E-state index contributed by atoms with van der Waals surface area (Å²) >= 11 is 0. The molecule has 8 heteroatoms. The van der Waals surface area contributed by atoms with Crippen LogP contribution in [0.4, 0.5) is 4.39 Å². The minimum atomic E-state index is -4.07. The fourth-order valence-corrected chi connectivity index (χ4v) is 4.59. The zero-order valence-electron chi connectivity index (χ0n) is 12.8. The Bertz CT molecular complexity index is 698. The molecule has 2 heterocycles. The molecule has 2 fully saturated rings. The number of benzene rings is 1. The van der Waals surface area contributed by atoms with Crippen molar-refractivity contribution in [2.45, 2.75) is 17.9 Å². The van der Waals surface area contributed by atoms with E-state index in [-0.39, 0.29) is 5.91 Å². The van der Waals surface area contributed by atoms with E-state index < -0.39 is 26.8 Å². The van der Waals surface area contributed by atoms with Gasteiger partial charge in [-0.25, -0.2) is 12.8 Å². The fraction of sp³-hybridized carbons (Fsp3) is 0.533. The molecule has 0 bridgehead atoms. The third-order valence-corrected chi connectivity index (χ3v) is 6.10. The van der Waals surface area contributed by atoms with Gasteiger partial charge in [0, 0.05) is 26.2 Å². The number of likely N-dealkylation sites (tertiary alicyclic amines) is 1. The number of fused-ring (bicyclic) bond motifs is 1. The van der Waals surface area contributed by atoms with E-state index in [1.54, 1.807) is 4.90 Å². The van der Waals surface area contributed by atoms with Gasteiger partial charge < -0.3 is 10.2 Å².